The van der Waals surface area contributed by atoms with E-state index >= 15 is 0 Å². The van der Waals surface area contributed by atoms with Crippen LogP contribution in [0.5, 0.6) is 0 Å². The van der Waals surface area contributed by atoms with Crippen molar-refractivity contribution >= 4 is 11.9 Å². The Hall–Kier alpha value is -2.76. The predicted octanol–water partition coefficient (Wildman–Crippen LogP) is 3.62. The van der Waals surface area contributed by atoms with E-state index in [0.717, 1.165) is 6.07 Å². The van der Waals surface area contributed by atoms with Gasteiger partial charge in [-0.1, -0.05) is 12.1 Å². The number of benzene rings is 2. The molecule has 0 unspecified atom stereocenters. The third-order valence-corrected chi connectivity index (χ3v) is 3.47. The van der Waals surface area contributed by atoms with E-state index in [1.165, 1.54) is 30.3 Å². The first-order valence-corrected chi connectivity index (χ1v) is 7.81. The Morgan fingerprint density at radius 3 is 2.36 bits per heavy atom. The molecule has 0 saturated heterocycles. The summed E-state index contributed by atoms with van der Waals surface area (Å²) in [5, 5.41) is 2.38. The highest BCUT2D eigenvalue weighted by molar-refractivity contribution is 5.96. The van der Waals surface area contributed by atoms with Crippen LogP contribution in [-0.2, 0) is 9.53 Å². The lowest BCUT2D eigenvalue weighted by Crippen LogP contribution is -2.31. The maximum Gasteiger partial charge on any atom is 0.325 e. The van der Waals surface area contributed by atoms with Gasteiger partial charge in [-0.05, 0) is 56.2 Å². The quantitative estimate of drug-likeness (QED) is 0.841. The van der Waals surface area contributed by atoms with E-state index in [9.17, 15) is 18.4 Å². The normalized spacial score (nSPS) is 10.6. The highest BCUT2D eigenvalue weighted by Crippen LogP contribution is 2.27. The molecule has 0 aliphatic rings. The number of hydrogen-bond acceptors (Lipinski definition) is 3. The van der Waals surface area contributed by atoms with Gasteiger partial charge in [0, 0.05) is 11.1 Å². The van der Waals surface area contributed by atoms with Gasteiger partial charge >= 0.3 is 5.97 Å². The lowest BCUT2D eigenvalue weighted by molar-refractivity contribution is -0.146. The van der Waals surface area contributed by atoms with Gasteiger partial charge in [0.1, 0.15) is 18.2 Å². The molecule has 1 N–H and O–H groups in total. The summed E-state index contributed by atoms with van der Waals surface area (Å²) in [7, 11) is 0. The summed E-state index contributed by atoms with van der Waals surface area (Å²) >= 11 is 0. The molecule has 0 spiro atoms. The van der Waals surface area contributed by atoms with E-state index in [1.54, 1.807) is 20.8 Å². The molecule has 2 rings (SSSR count). The molecule has 2 aromatic carbocycles. The van der Waals surface area contributed by atoms with Crippen LogP contribution in [0.15, 0.2) is 36.4 Å². The number of ether oxygens (including phenoxy) is 1. The van der Waals surface area contributed by atoms with Crippen molar-refractivity contribution in [3.63, 3.8) is 0 Å². The summed E-state index contributed by atoms with van der Waals surface area (Å²) in [5.41, 5.74) is 1.49. The summed E-state index contributed by atoms with van der Waals surface area (Å²) < 4.78 is 32.5. The van der Waals surface area contributed by atoms with Gasteiger partial charge in [-0.15, -0.1) is 0 Å². The van der Waals surface area contributed by atoms with Crippen molar-refractivity contribution in [1.29, 1.82) is 0 Å². The first-order chi connectivity index (χ1) is 11.8. The molecule has 0 fully saturated rings. The van der Waals surface area contributed by atoms with Gasteiger partial charge in [-0.25, -0.2) is 8.78 Å². The number of amides is 1. The van der Waals surface area contributed by atoms with Gasteiger partial charge in [0.05, 0.1) is 6.10 Å². The van der Waals surface area contributed by atoms with E-state index in [2.05, 4.69) is 5.32 Å². The molecule has 0 aliphatic carbocycles. The summed E-state index contributed by atoms with van der Waals surface area (Å²) in [6, 6.07) is 8.05. The van der Waals surface area contributed by atoms with E-state index in [4.69, 9.17) is 4.74 Å². The molecule has 132 valence electrons. The Morgan fingerprint density at radius 1 is 1.08 bits per heavy atom. The Bertz CT molecular complexity index is 803. The van der Waals surface area contributed by atoms with Crippen LogP contribution in [-0.4, -0.2) is 24.5 Å². The van der Waals surface area contributed by atoms with Crippen LogP contribution in [0.1, 0.15) is 29.8 Å². The molecule has 0 bridgehead atoms. The first-order valence-electron chi connectivity index (χ1n) is 7.81. The zero-order valence-electron chi connectivity index (χ0n) is 14.2. The Balaban J connectivity index is 2.13. The number of aryl methyl sites for hydroxylation is 1. The molecular weight excluding hydrogens is 328 g/mol. The molecule has 25 heavy (non-hydrogen) atoms. The average Bonchev–Trinajstić information content (AvgIpc) is 2.52. The number of nitrogens with one attached hydrogen (secondary N) is 1. The second kappa shape index (κ2) is 7.88. The van der Waals surface area contributed by atoms with Crippen molar-refractivity contribution in [3.05, 3.63) is 59.2 Å². The minimum Gasteiger partial charge on any atom is -0.462 e. The van der Waals surface area contributed by atoms with Gasteiger partial charge in [-0.2, -0.15) is 0 Å². The molecule has 4 nitrogen and oxygen atoms in total. The monoisotopic (exact) mass is 347 g/mol. The van der Waals surface area contributed by atoms with Gasteiger partial charge in [-0.3, -0.25) is 9.59 Å². The van der Waals surface area contributed by atoms with Gasteiger partial charge in [0.15, 0.2) is 0 Å². The second-order valence-electron chi connectivity index (χ2n) is 5.88. The molecule has 0 saturated carbocycles. The van der Waals surface area contributed by atoms with Gasteiger partial charge in [0.25, 0.3) is 5.91 Å². The van der Waals surface area contributed by atoms with E-state index in [0.29, 0.717) is 11.1 Å². The summed E-state index contributed by atoms with van der Waals surface area (Å²) in [4.78, 5) is 23.4. The zero-order chi connectivity index (χ0) is 18.6. The Labute approximate surface area is 144 Å². The van der Waals surface area contributed by atoms with Crippen LogP contribution in [0.3, 0.4) is 0 Å². The number of hydrogen-bond donors (Lipinski definition) is 1. The average molecular weight is 347 g/mol. The Kier molecular flexibility index (Phi) is 5.85. The predicted molar refractivity (Wildman–Crippen MR) is 90.1 cm³/mol. The minimum atomic E-state index is -0.605. The van der Waals surface area contributed by atoms with E-state index < -0.39 is 23.5 Å². The number of carbonyl (C=O) groups excluding carboxylic acids is 2. The van der Waals surface area contributed by atoms with Crippen molar-refractivity contribution < 1.29 is 23.1 Å². The van der Waals surface area contributed by atoms with Crippen LogP contribution < -0.4 is 5.32 Å². The highest BCUT2D eigenvalue weighted by atomic mass is 19.1. The molecule has 0 atom stereocenters. The summed E-state index contributed by atoms with van der Waals surface area (Å²) in [6.07, 6.45) is -0.278. The number of rotatable bonds is 5. The first kappa shape index (κ1) is 18.6. The molecule has 0 aromatic heterocycles. The topological polar surface area (TPSA) is 55.4 Å². The van der Waals surface area contributed by atoms with Gasteiger partial charge in [0.2, 0.25) is 0 Å². The van der Waals surface area contributed by atoms with Crippen molar-refractivity contribution in [3.8, 4) is 11.1 Å². The molecule has 0 aliphatic heterocycles. The third kappa shape index (κ3) is 4.86. The van der Waals surface area contributed by atoms with E-state index in [-0.39, 0.29) is 23.8 Å². The Morgan fingerprint density at radius 2 is 1.76 bits per heavy atom. The SMILES string of the molecule is Cc1cc(F)ccc1-c1ccc(C(=O)NCC(=O)OC(C)C)cc1F. The van der Waals surface area contributed by atoms with Crippen molar-refractivity contribution in [2.24, 2.45) is 0 Å². The fraction of sp³-hybridized carbons (Fsp3) is 0.263. The highest BCUT2D eigenvalue weighted by Gasteiger charge is 2.14. The van der Waals surface area contributed by atoms with E-state index in [1.807, 2.05) is 0 Å². The molecule has 0 heterocycles. The van der Waals surface area contributed by atoms with Crippen LogP contribution >= 0.6 is 0 Å². The molecule has 6 heteroatoms. The van der Waals surface area contributed by atoms with Gasteiger partial charge < -0.3 is 10.1 Å². The third-order valence-electron chi connectivity index (χ3n) is 3.47. The summed E-state index contributed by atoms with van der Waals surface area (Å²) in [5.74, 6) is -2.15. The van der Waals surface area contributed by atoms with Crippen LogP contribution in [0, 0.1) is 18.6 Å². The molecule has 0 radical (unpaired) electrons. The maximum absolute atomic E-state index is 14.4. The van der Waals surface area contributed by atoms with Crippen LogP contribution in [0.2, 0.25) is 0 Å². The second-order valence-corrected chi connectivity index (χ2v) is 5.88. The molecule has 2 aromatic rings. The van der Waals surface area contributed by atoms with Crippen LogP contribution in [0.25, 0.3) is 11.1 Å². The van der Waals surface area contributed by atoms with Crippen molar-refractivity contribution in [2.75, 3.05) is 6.54 Å². The summed E-state index contributed by atoms with van der Waals surface area (Å²) in [6.45, 7) is 4.78. The lowest BCUT2D eigenvalue weighted by Gasteiger charge is -2.11. The number of halogens is 2. The number of carbonyl (C=O) groups is 2. The molecular formula is C19H19F2NO3. The standard InChI is InChI=1S/C19H19F2NO3/c1-11(2)25-18(23)10-22-19(24)13-4-6-16(17(21)9-13)15-7-5-14(20)8-12(15)3/h4-9,11H,10H2,1-3H3,(H,22,24). The van der Waals surface area contributed by atoms with Crippen molar-refractivity contribution in [1.82, 2.24) is 5.32 Å². The smallest absolute Gasteiger partial charge is 0.325 e. The largest absolute Gasteiger partial charge is 0.462 e. The number of esters is 1. The van der Waals surface area contributed by atoms with Crippen LogP contribution in [0.4, 0.5) is 8.78 Å². The fourth-order valence-electron chi connectivity index (χ4n) is 2.36. The maximum atomic E-state index is 14.4. The lowest BCUT2D eigenvalue weighted by atomic mass is 9.98. The minimum absolute atomic E-state index is 0.0818. The fourth-order valence-corrected chi connectivity index (χ4v) is 2.36. The van der Waals surface area contributed by atoms with Crippen molar-refractivity contribution in [2.45, 2.75) is 26.9 Å². The molecule has 1 amide bonds. The zero-order valence-corrected chi connectivity index (χ0v) is 14.2.